The molecule has 1 aliphatic heterocycles. The molecule has 3 rings (SSSR count). The first-order valence-corrected chi connectivity index (χ1v) is 7.96. The van der Waals surface area contributed by atoms with Crippen LogP contribution in [0.3, 0.4) is 0 Å². The number of aromatic nitrogens is 2. The molecule has 1 aliphatic rings. The van der Waals surface area contributed by atoms with Gasteiger partial charge in [-0.2, -0.15) is 5.10 Å². The molecule has 130 valence electrons. The number of anilines is 1. The van der Waals surface area contributed by atoms with Crippen LogP contribution in [0.25, 0.3) is 0 Å². The van der Waals surface area contributed by atoms with E-state index in [1.807, 2.05) is 24.3 Å². The average molecular weight is 371 g/mol. The predicted octanol–water partition coefficient (Wildman–Crippen LogP) is 2.45. The third-order valence-corrected chi connectivity index (χ3v) is 4.13. The zero-order valence-corrected chi connectivity index (χ0v) is 14.6. The van der Waals surface area contributed by atoms with Gasteiger partial charge in [-0.1, -0.05) is 23.7 Å². The summed E-state index contributed by atoms with van der Waals surface area (Å²) < 4.78 is 7.34. The molecule has 1 fully saturated rings. The lowest BCUT2D eigenvalue weighted by Gasteiger charge is -2.14. The van der Waals surface area contributed by atoms with E-state index >= 15 is 0 Å². The van der Waals surface area contributed by atoms with E-state index in [-0.39, 0.29) is 24.4 Å². The van der Waals surface area contributed by atoms with Crippen LogP contribution < -0.4 is 11.1 Å². The number of rotatable bonds is 5. The maximum Gasteiger partial charge on any atom is 0.254 e. The number of hydrogen-bond acceptors (Lipinski definition) is 4. The van der Waals surface area contributed by atoms with Crippen LogP contribution in [0.15, 0.2) is 36.5 Å². The molecule has 2 atom stereocenters. The molecule has 0 spiro atoms. The molecule has 3 N–H and O–H groups in total. The standard InChI is InChI=1S/C16H19ClN4O2.ClH/c17-12-3-1-11(2-4-12)10-21-15(7-8-19-21)20-16(22)14-6-5-13(9-18)23-14;/h1-4,7-8,13-14H,5-6,9-10,18H2,(H,20,22);1H/t13-,14+;/m1./s1. The van der Waals surface area contributed by atoms with Crippen LogP contribution in [0.5, 0.6) is 0 Å². The molecule has 8 heteroatoms. The predicted molar refractivity (Wildman–Crippen MR) is 95.6 cm³/mol. The van der Waals surface area contributed by atoms with E-state index in [0.717, 1.165) is 12.0 Å². The van der Waals surface area contributed by atoms with Crippen molar-refractivity contribution in [1.82, 2.24) is 9.78 Å². The lowest BCUT2D eigenvalue weighted by molar-refractivity contribution is -0.126. The van der Waals surface area contributed by atoms with Gasteiger partial charge in [-0.15, -0.1) is 12.4 Å². The Bertz CT molecular complexity index is 675. The highest BCUT2D eigenvalue weighted by atomic mass is 35.5. The Balaban J connectivity index is 0.00000208. The second-order valence-corrected chi connectivity index (χ2v) is 5.99. The Labute approximate surface area is 151 Å². The highest BCUT2D eigenvalue weighted by Crippen LogP contribution is 2.21. The molecule has 6 nitrogen and oxygen atoms in total. The minimum absolute atomic E-state index is 0. The summed E-state index contributed by atoms with van der Waals surface area (Å²) >= 11 is 5.89. The summed E-state index contributed by atoms with van der Waals surface area (Å²) in [6.45, 7) is 0.995. The number of carbonyl (C=O) groups excluding carboxylic acids is 1. The molecular weight excluding hydrogens is 351 g/mol. The van der Waals surface area contributed by atoms with Gasteiger partial charge in [-0.25, -0.2) is 4.68 Å². The largest absolute Gasteiger partial charge is 0.364 e. The van der Waals surface area contributed by atoms with E-state index in [2.05, 4.69) is 10.4 Å². The number of halogens is 2. The van der Waals surface area contributed by atoms with Crippen LogP contribution in [0, 0.1) is 0 Å². The fraction of sp³-hybridized carbons (Fsp3) is 0.375. The van der Waals surface area contributed by atoms with Crippen molar-refractivity contribution in [2.24, 2.45) is 5.73 Å². The summed E-state index contributed by atoms with van der Waals surface area (Å²) in [5, 5.41) is 7.82. The van der Waals surface area contributed by atoms with Crippen molar-refractivity contribution < 1.29 is 9.53 Å². The minimum atomic E-state index is -0.442. The Morgan fingerprint density at radius 2 is 2.08 bits per heavy atom. The molecule has 1 aromatic heterocycles. The summed E-state index contributed by atoms with van der Waals surface area (Å²) in [5.41, 5.74) is 6.62. The van der Waals surface area contributed by atoms with Crippen LogP contribution >= 0.6 is 24.0 Å². The van der Waals surface area contributed by atoms with Crippen molar-refractivity contribution in [3.05, 3.63) is 47.1 Å². The first-order valence-electron chi connectivity index (χ1n) is 7.58. The highest BCUT2D eigenvalue weighted by molar-refractivity contribution is 6.30. The SMILES string of the molecule is Cl.NC[C@H]1CC[C@@H](C(=O)Nc2ccnn2Cc2ccc(Cl)cc2)O1. The molecule has 2 heterocycles. The Hall–Kier alpha value is -1.60. The number of amides is 1. The van der Waals surface area contributed by atoms with Gasteiger partial charge in [0.05, 0.1) is 18.8 Å². The summed E-state index contributed by atoms with van der Waals surface area (Å²) in [7, 11) is 0. The molecule has 0 radical (unpaired) electrons. The summed E-state index contributed by atoms with van der Waals surface area (Å²) in [6.07, 6.45) is 2.70. The van der Waals surface area contributed by atoms with Crippen LogP contribution in [0.2, 0.25) is 5.02 Å². The van der Waals surface area contributed by atoms with E-state index < -0.39 is 6.10 Å². The lowest BCUT2D eigenvalue weighted by atomic mass is 10.2. The van der Waals surface area contributed by atoms with Crippen LogP contribution in [-0.4, -0.2) is 34.4 Å². The molecule has 24 heavy (non-hydrogen) atoms. The highest BCUT2D eigenvalue weighted by Gasteiger charge is 2.30. The number of ether oxygens (including phenoxy) is 1. The topological polar surface area (TPSA) is 82.2 Å². The third-order valence-electron chi connectivity index (χ3n) is 3.88. The van der Waals surface area contributed by atoms with Gasteiger partial charge in [-0.3, -0.25) is 4.79 Å². The molecule has 2 aromatic rings. The fourth-order valence-corrected chi connectivity index (χ4v) is 2.73. The molecular formula is C16H20Cl2N4O2. The van der Waals surface area contributed by atoms with Gasteiger partial charge >= 0.3 is 0 Å². The van der Waals surface area contributed by atoms with Crippen LogP contribution in [0.4, 0.5) is 5.82 Å². The monoisotopic (exact) mass is 370 g/mol. The summed E-state index contributed by atoms with van der Waals surface area (Å²) in [4.78, 5) is 12.3. The van der Waals surface area contributed by atoms with Crippen molar-refractivity contribution in [3.8, 4) is 0 Å². The molecule has 0 saturated carbocycles. The molecule has 1 amide bonds. The lowest BCUT2D eigenvalue weighted by Crippen LogP contribution is -2.30. The number of benzene rings is 1. The average Bonchev–Trinajstić information content (AvgIpc) is 3.19. The smallest absolute Gasteiger partial charge is 0.254 e. The second-order valence-electron chi connectivity index (χ2n) is 5.55. The van der Waals surface area contributed by atoms with Gasteiger partial charge in [0.1, 0.15) is 11.9 Å². The molecule has 1 saturated heterocycles. The van der Waals surface area contributed by atoms with E-state index in [4.69, 9.17) is 22.1 Å². The first kappa shape index (κ1) is 18.7. The van der Waals surface area contributed by atoms with Crippen molar-refractivity contribution in [3.63, 3.8) is 0 Å². The summed E-state index contributed by atoms with van der Waals surface area (Å²) in [6, 6.07) is 9.29. The van der Waals surface area contributed by atoms with E-state index in [1.54, 1.807) is 16.9 Å². The van der Waals surface area contributed by atoms with Crippen molar-refractivity contribution >= 4 is 35.7 Å². The minimum Gasteiger partial charge on any atom is -0.364 e. The van der Waals surface area contributed by atoms with Crippen LogP contribution in [0.1, 0.15) is 18.4 Å². The van der Waals surface area contributed by atoms with Crippen molar-refractivity contribution in [1.29, 1.82) is 0 Å². The van der Waals surface area contributed by atoms with Gasteiger partial charge in [0.2, 0.25) is 0 Å². The Kier molecular flexibility index (Phi) is 6.62. The number of nitrogens with one attached hydrogen (secondary N) is 1. The second kappa shape index (κ2) is 8.48. The molecule has 0 bridgehead atoms. The van der Waals surface area contributed by atoms with Gasteiger partial charge in [0.15, 0.2) is 0 Å². The third kappa shape index (κ3) is 4.48. The maximum atomic E-state index is 12.3. The Morgan fingerprint density at radius 3 is 2.75 bits per heavy atom. The van der Waals surface area contributed by atoms with Crippen molar-refractivity contribution in [2.45, 2.75) is 31.6 Å². The first-order chi connectivity index (χ1) is 11.2. The summed E-state index contributed by atoms with van der Waals surface area (Å²) in [5.74, 6) is 0.489. The van der Waals surface area contributed by atoms with Crippen LogP contribution in [-0.2, 0) is 16.1 Å². The van der Waals surface area contributed by atoms with Gasteiger partial charge in [0.25, 0.3) is 5.91 Å². The normalized spacial score (nSPS) is 19.8. The molecule has 0 unspecified atom stereocenters. The molecule has 1 aromatic carbocycles. The number of nitrogens with zero attached hydrogens (tertiary/aromatic N) is 2. The van der Waals surface area contributed by atoms with E-state index in [0.29, 0.717) is 30.4 Å². The van der Waals surface area contributed by atoms with Gasteiger partial charge in [0, 0.05) is 17.6 Å². The number of hydrogen-bond donors (Lipinski definition) is 2. The number of carbonyl (C=O) groups is 1. The number of nitrogens with two attached hydrogens (primary N) is 1. The zero-order valence-electron chi connectivity index (χ0n) is 13.0. The zero-order chi connectivity index (χ0) is 16.2. The quantitative estimate of drug-likeness (QED) is 0.846. The van der Waals surface area contributed by atoms with E-state index in [9.17, 15) is 4.79 Å². The van der Waals surface area contributed by atoms with Gasteiger partial charge in [-0.05, 0) is 30.5 Å². The van der Waals surface area contributed by atoms with Gasteiger partial charge < -0.3 is 15.8 Å². The Morgan fingerprint density at radius 1 is 1.33 bits per heavy atom. The van der Waals surface area contributed by atoms with E-state index in [1.165, 1.54) is 0 Å². The maximum absolute atomic E-state index is 12.3. The molecule has 0 aliphatic carbocycles. The van der Waals surface area contributed by atoms with Crippen molar-refractivity contribution in [2.75, 3.05) is 11.9 Å². The fourth-order valence-electron chi connectivity index (χ4n) is 2.61.